The van der Waals surface area contributed by atoms with Gasteiger partial charge in [0.25, 0.3) is 0 Å². The van der Waals surface area contributed by atoms with Crippen molar-refractivity contribution in [3.05, 3.63) is 239 Å². The SMILES string of the molecule is N#CC(C#N)=Cc1ccc2c(c1)C1(c3cc(C=C(C#N)C#N)ccc3-c3ccc(N(c4ccccc4)c4ccccc4)cc31)c1cc(N(c3ccccc3)c3ccccc3)ccc1-2. The standard InChI is InChI=1S/C57H34N6/c58-35-41(36-59)29-39-21-25-49-51-27-23-47(62(43-13-5-1-6-14-43)44-15-7-2-8-16-44)33-55(51)57(53(49)31-39)54-32-40(30-42(37-60)38-61)22-26-50(54)52-28-24-48(34-56(52)57)63(45-17-9-3-10-18-45)46-19-11-4-12-20-46/h1-34H. The van der Waals surface area contributed by atoms with E-state index in [0.29, 0.717) is 0 Å². The van der Waals surface area contributed by atoms with Crippen molar-refractivity contribution in [2.45, 2.75) is 5.41 Å². The minimum Gasteiger partial charge on any atom is -0.310 e. The third kappa shape index (κ3) is 6.32. The first-order valence-corrected chi connectivity index (χ1v) is 20.5. The maximum Gasteiger partial charge on any atom is 0.130 e. The minimum absolute atomic E-state index is 0.00648. The molecule has 8 aromatic rings. The molecule has 0 N–H and O–H groups in total. The smallest absolute Gasteiger partial charge is 0.130 e. The molecule has 0 heterocycles. The Morgan fingerprint density at radius 2 is 0.619 bits per heavy atom. The molecular formula is C57H34N6. The molecule has 2 aliphatic carbocycles. The van der Waals surface area contributed by atoms with Crippen LogP contribution >= 0.6 is 0 Å². The summed E-state index contributed by atoms with van der Waals surface area (Å²) in [5, 5.41) is 39.5. The van der Waals surface area contributed by atoms with E-state index < -0.39 is 5.41 Å². The van der Waals surface area contributed by atoms with Crippen LogP contribution in [0.25, 0.3) is 34.4 Å². The first kappa shape index (κ1) is 38.0. The van der Waals surface area contributed by atoms with E-state index in [2.05, 4.69) is 119 Å². The van der Waals surface area contributed by atoms with Crippen LogP contribution in [0.15, 0.2) is 205 Å². The molecule has 2 aliphatic rings. The molecule has 0 atom stereocenters. The van der Waals surface area contributed by atoms with E-state index in [1.54, 1.807) is 12.2 Å². The second kappa shape index (κ2) is 15.8. The Kier molecular flexibility index (Phi) is 9.52. The summed E-state index contributed by atoms with van der Waals surface area (Å²) in [6.45, 7) is 0. The average Bonchev–Trinajstić information content (AvgIpc) is 3.79. The van der Waals surface area contributed by atoms with E-state index in [4.69, 9.17) is 0 Å². The first-order chi connectivity index (χ1) is 31.0. The quantitative estimate of drug-likeness (QED) is 0.142. The highest BCUT2D eigenvalue weighted by molar-refractivity contribution is 5.98. The van der Waals surface area contributed by atoms with Crippen molar-refractivity contribution in [2.75, 3.05) is 9.80 Å². The summed E-state index contributed by atoms with van der Waals surface area (Å²) in [5.74, 6) is 0. The molecular weight excluding hydrogens is 769 g/mol. The number of rotatable bonds is 8. The van der Waals surface area contributed by atoms with Crippen LogP contribution in [0.2, 0.25) is 0 Å². The lowest BCUT2D eigenvalue weighted by Crippen LogP contribution is -2.27. The molecule has 63 heavy (non-hydrogen) atoms. The molecule has 292 valence electrons. The van der Waals surface area contributed by atoms with E-state index in [1.807, 2.05) is 109 Å². The van der Waals surface area contributed by atoms with Gasteiger partial charge in [0.15, 0.2) is 0 Å². The molecule has 0 aliphatic heterocycles. The zero-order valence-corrected chi connectivity index (χ0v) is 33.8. The lowest BCUT2D eigenvalue weighted by atomic mass is 9.70. The fraction of sp³-hybridized carbons (Fsp3) is 0.0175. The molecule has 0 saturated heterocycles. The summed E-state index contributed by atoms with van der Waals surface area (Å²) >= 11 is 0. The number of anilines is 6. The molecule has 1 spiro atoms. The van der Waals surface area contributed by atoms with Gasteiger partial charge in [-0.15, -0.1) is 0 Å². The maximum absolute atomic E-state index is 9.87. The van der Waals surface area contributed by atoms with Crippen molar-refractivity contribution in [3.63, 3.8) is 0 Å². The number of allylic oxidation sites excluding steroid dienone is 2. The molecule has 0 radical (unpaired) electrons. The van der Waals surface area contributed by atoms with Crippen molar-refractivity contribution in [3.8, 4) is 46.5 Å². The predicted octanol–water partition coefficient (Wildman–Crippen LogP) is 13.8. The van der Waals surface area contributed by atoms with Gasteiger partial charge in [0.05, 0.1) is 5.41 Å². The first-order valence-electron chi connectivity index (χ1n) is 20.5. The molecule has 6 nitrogen and oxygen atoms in total. The van der Waals surface area contributed by atoms with Crippen LogP contribution in [0, 0.1) is 45.3 Å². The summed E-state index contributed by atoms with van der Waals surface area (Å²) in [6.07, 6.45) is 3.28. The van der Waals surface area contributed by atoms with Gasteiger partial charge in [-0.05, 0) is 153 Å². The number of nitriles is 4. The largest absolute Gasteiger partial charge is 0.310 e. The topological polar surface area (TPSA) is 102 Å². The van der Waals surface area contributed by atoms with Crippen molar-refractivity contribution in [2.24, 2.45) is 0 Å². The summed E-state index contributed by atoms with van der Waals surface area (Å²) in [6, 6.07) is 75.2. The Hall–Kier alpha value is -9.20. The number of hydrogen-bond acceptors (Lipinski definition) is 6. The van der Waals surface area contributed by atoms with E-state index in [0.717, 1.165) is 89.8 Å². The molecule has 8 aromatic carbocycles. The molecule has 0 amide bonds. The maximum atomic E-state index is 9.87. The summed E-state index contributed by atoms with van der Waals surface area (Å²) in [5.41, 5.74) is 14.7. The Balaban J connectivity index is 1.33. The van der Waals surface area contributed by atoms with Gasteiger partial charge in [-0.2, -0.15) is 21.0 Å². The monoisotopic (exact) mass is 802 g/mol. The van der Waals surface area contributed by atoms with E-state index in [9.17, 15) is 21.0 Å². The highest BCUT2D eigenvalue weighted by atomic mass is 15.1. The van der Waals surface area contributed by atoms with Gasteiger partial charge in [0.2, 0.25) is 0 Å². The fourth-order valence-electron chi connectivity index (χ4n) is 9.41. The number of fused-ring (bicyclic) bond motifs is 10. The molecule has 10 rings (SSSR count). The van der Waals surface area contributed by atoms with Crippen molar-refractivity contribution >= 4 is 46.3 Å². The molecule has 0 saturated carbocycles. The zero-order valence-electron chi connectivity index (χ0n) is 33.8. The van der Waals surface area contributed by atoms with Gasteiger partial charge < -0.3 is 9.80 Å². The van der Waals surface area contributed by atoms with Gasteiger partial charge in [-0.3, -0.25) is 0 Å². The van der Waals surface area contributed by atoms with Crippen molar-refractivity contribution in [1.29, 1.82) is 21.0 Å². The zero-order chi connectivity index (χ0) is 42.9. The number of nitrogens with zero attached hydrogens (tertiary/aromatic N) is 6. The van der Waals surface area contributed by atoms with Crippen LogP contribution in [0.3, 0.4) is 0 Å². The predicted molar refractivity (Wildman–Crippen MR) is 251 cm³/mol. The van der Waals surface area contributed by atoms with Crippen molar-refractivity contribution in [1.82, 2.24) is 0 Å². The Bertz CT molecular complexity index is 2990. The summed E-state index contributed by atoms with van der Waals surface area (Å²) < 4.78 is 0. The molecule has 6 heteroatoms. The number of para-hydroxylation sites is 4. The molecule has 0 aromatic heterocycles. The fourth-order valence-corrected chi connectivity index (χ4v) is 9.41. The highest BCUT2D eigenvalue weighted by Gasteiger charge is 2.52. The van der Waals surface area contributed by atoms with Crippen LogP contribution in [-0.4, -0.2) is 0 Å². The van der Waals surface area contributed by atoms with Gasteiger partial charge in [-0.1, -0.05) is 109 Å². The van der Waals surface area contributed by atoms with Crippen LogP contribution in [0.4, 0.5) is 34.1 Å². The molecule has 0 bridgehead atoms. The minimum atomic E-state index is -0.938. The van der Waals surface area contributed by atoms with Gasteiger partial charge in [-0.25, -0.2) is 0 Å². The highest BCUT2D eigenvalue weighted by Crippen LogP contribution is 2.64. The molecule has 0 unspecified atom stereocenters. The summed E-state index contributed by atoms with van der Waals surface area (Å²) in [7, 11) is 0. The van der Waals surface area contributed by atoms with Crippen LogP contribution in [0.1, 0.15) is 33.4 Å². The molecule has 0 fully saturated rings. The lowest BCUT2D eigenvalue weighted by molar-refractivity contribution is 0.793. The lowest BCUT2D eigenvalue weighted by Gasteiger charge is -2.33. The third-order valence-corrected chi connectivity index (χ3v) is 12.0. The summed E-state index contributed by atoms with van der Waals surface area (Å²) in [4.78, 5) is 4.53. The van der Waals surface area contributed by atoms with E-state index in [-0.39, 0.29) is 11.1 Å². The number of benzene rings is 8. The van der Waals surface area contributed by atoms with E-state index in [1.165, 1.54) is 0 Å². The Morgan fingerprint density at radius 3 is 0.921 bits per heavy atom. The second-order valence-electron chi connectivity index (χ2n) is 15.4. The Morgan fingerprint density at radius 1 is 0.333 bits per heavy atom. The van der Waals surface area contributed by atoms with Crippen molar-refractivity contribution < 1.29 is 0 Å². The second-order valence-corrected chi connectivity index (χ2v) is 15.4. The Labute approximate surface area is 366 Å². The average molecular weight is 803 g/mol. The van der Waals surface area contributed by atoms with Gasteiger partial charge >= 0.3 is 0 Å². The number of hydrogen-bond donors (Lipinski definition) is 0. The van der Waals surface area contributed by atoms with Crippen LogP contribution < -0.4 is 9.80 Å². The van der Waals surface area contributed by atoms with Crippen LogP contribution in [-0.2, 0) is 5.41 Å². The van der Waals surface area contributed by atoms with Gasteiger partial charge in [0.1, 0.15) is 35.4 Å². The third-order valence-electron chi connectivity index (χ3n) is 12.0. The normalized spacial score (nSPS) is 11.9. The van der Waals surface area contributed by atoms with E-state index >= 15 is 0 Å². The van der Waals surface area contributed by atoms with Crippen LogP contribution in [0.5, 0.6) is 0 Å². The van der Waals surface area contributed by atoms with Gasteiger partial charge in [0, 0.05) is 34.1 Å².